The van der Waals surface area contributed by atoms with Gasteiger partial charge in [0.05, 0.1) is 22.5 Å². The molecule has 3 aromatic rings. The summed E-state index contributed by atoms with van der Waals surface area (Å²) in [5, 5.41) is 1.01. The number of pyridine rings is 1. The molecule has 4 rings (SSSR count). The van der Waals surface area contributed by atoms with Crippen molar-refractivity contribution in [2.24, 2.45) is 0 Å². The van der Waals surface area contributed by atoms with E-state index in [1.807, 2.05) is 24.3 Å². The van der Waals surface area contributed by atoms with Gasteiger partial charge < -0.3 is 9.64 Å². The molecule has 0 radical (unpaired) electrons. The number of rotatable bonds is 3. The Morgan fingerprint density at radius 2 is 2.00 bits per heavy atom. The van der Waals surface area contributed by atoms with Gasteiger partial charge in [-0.15, -0.1) is 24.5 Å². The highest BCUT2D eigenvalue weighted by molar-refractivity contribution is 7.18. The smallest absolute Gasteiger partial charge is 0.404 e. The highest BCUT2D eigenvalue weighted by Gasteiger charge is 2.32. The van der Waals surface area contributed by atoms with Crippen LogP contribution < -0.4 is 9.64 Å². The first kappa shape index (κ1) is 16.1. The number of hydrogen-bond acceptors (Lipinski definition) is 5. The molecule has 130 valence electrons. The molecule has 0 spiro atoms. The minimum absolute atomic E-state index is 0.0966. The maximum Gasteiger partial charge on any atom is 0.573 e. The lowest BCUT2D eigenvalue weighted by Gasteiger charge is -2.24. The monoisotopic (exact) mass is 365 g/mol. The topological polar surface area (TPSA) is 38.2 Å². The summed E-state index contributed by atoms with van der Waals surface area (Å²) >= 11 is 1.65. The number of thiazole rings is 1. The predicted octanol–water partition coefficient (Wildman–Crippen LogP) is 4.93. The minimum atomic E-state index is -4.71. The maximum absolute atomic E-state index is 12.3. The van der Waals surface area contributed by atoms with E-state index >= 15 is 0 Å². The second-order valence-corrected chi connectivity index (χ2v) is 6.83. The fourth-order valence-electron chi connectivity index (χ4n) is 3.07. The van der Waals surface area contributed by atoms with Crippen LogP contribution in [0.25, 0.3) is 10.2 Å². The molecule has 8 heteroatoms. The third kappa shape index (κ3) is 3.39. The molecular weight excluding hydrogens is 351 g/mol. The Morgan fingerprint density at radius 3 is 2.72 bits per heavy atom. The van der Waals surface area contributed by atoms with Gasteiger partial charge in [0.25, 0.3) is 0 Å². The largest absolute Gasteiger partial charge is 0.573 e. The van der Waals surface area contributed by atoms with Crippen LogP contribution in [-0.2, 0) is 0 Å². The lowest BCUT2D eigenvalue weighted by atomic mass is 10.2. The van der Waals surface area contributed by atoms with E-state index in [1.54, 1.807) is 17.4 Å². The Balaban J connectivity index is 1.58. The van der Waals surface area contributed by atoms with E-state index in [4.69, 9.17) is 4.98 Å². The molecule has 0 bridgehead atoms. The number of ether oxygens (including phenoxy) is 1. The molecule has 1 aliphatic heterocycles. The maximum atomic E-state index is 12.3. The Morgan fingerprint density at radius 1 is 1.16 bits per heavy atom. The minimum Gasteiger partial charge on any atom is -0.404 e. The molecule has 0 amide bonds. The van der Waals surface area contributed by atoms with E-state index in [-0.39, 0.29) is 11.8 Å². The van der Waals surface area contributed by atoms with Crippen molar-refractivity contribution in [2.45, 2.75) is 25.2 Å². The number of fused-ring (bicyclic) bond motifs is 1. The first-order valence-corrected chi connectivity index (χ1v) is 8.65. The van der Waals surface area contributed by atoms with Gasteiger partial charge in [-0.3, -0.25) is 0 Å². The van der Waals surface area contributed by atoms with Crippen molar-refractivity contribution in [1.29, 1.82) is 0 Å². The zero-order valence-corrected chi connectivity index (χ0v) is 13.8. The van der Waals surface area contributed by atoms with Crippen LogP contribution >= 0.6 is 11.3 Å². The summed E-state index contributed by atoms with van der Waals surface area (Å²) in [4.78, 5) is 11.0. The summed E-state index contributed by atoms with van der Waals surface area (Å²) < 4.78 is 41.8. The number of halogens is 3. The van der Waals surface area contributed by atoms with Gasteiger partial charge in [-0.05, 0) is 37.1 Å². The van der Waals surface area contributed by atoms with Crippen LogP contribution in [0.15, 0.2) is 42.6 Å². The van der Waals surface area contributed by atoms with Crippen molar-refractivity contribution in [3.05, 3.63) is 47.6 Å². The second kappa shape index (κ2) is 6.18. The van der Waals surface area contributed by atoms with Gasteiger partial charge in [-0.1, -0.05) is 12.1 Å². The van der Waals surface area contributed by atoms with Gasteiger partial charge in [-0.25, -0.2) is 9.97 Å². The Hall–Kier alpha value is -2.35. The quantitative estimate of drug-likeness (QED) is 0.660. The number of benzene rings is 1. The van der Waals surface area contributed by atoms with E-state index < -0.39 is 6.36 Å². The fourth-order valence-corrected chi connectivity index (χ4v) is 4.18. The third-order valence-electron chi connectivity index (χ3n) is 4.10. The summed E-state index contributed by atoms with van der Waals surface area (Å²) in [6.07, 6.45) is -1.66. The van der Waals surface area contributed by atoms with Crippen LogP contribution in [0.3, 0.4) is 0 Å². The van der Waals surface area contributed by atoms with Crippen LogP contribution in [0, 0.1) is 0 Å². The van der Waals surface area contributed by atoms with Crippen molar-refractivity contribution in [2.75, 3.05) is 11.4 Å². The zero-order chi connectivity index (χ0) is 17.4. The molecule has 0 aliphatic carbocycles. The average molecular weight is 365 g/mol. The van der Waals surface area contributed by atoms with Crippen LogP contribution in [0.2, 0.25) is 0 Å². The normalized spacial score (nSPS) is 18.0. The molecule has 1 saturated heterocycles. The van der Waals surface area contributed by atoms with Crippen molar-refractivity contribution < 1.29 is 17.9 Å². The highest BCUT2D eigenvalue weighted by atomic mass is 32.1. The van der Waals surface area contributed by atoms with Gasteiger partial charge in [-0.2, -0.15) is 0 Å². The molecule has 2 aromatic heterocycles. The Kier molecular flexibility index (Phi) is 3.99. The summed E-state index contributed by atoms with van der Waals surface area (Å²) in [5.41, 5.74) is 0.969. The van der Waals surface area contributed by atoms with Gasteiger partial charge in [0.1, 0.15) is 16.6 Å². The number of anilines is 1. The van der Waals surface area contributed by atoms with Crippen LogP contribution in [0.5, 0.6) is 5.75 Å². The molecule has 1 aliphatic rings. The van der Waals surface area contributed by atoms with E-state index in [0.29, 0.717) is 5.82 Å². The first-order valence-electron chi connectivity index (χ1n) is 7.83. The van der Waals surface area contributed by atoms with Crippen molar-refractivity contribution in [3.8, 4) is 5.75 Å². The van der Waals surface area contributed by atoms with Gasteiger partial charge in [0, 0.05) is 6.54 Å². The van der Waals surface area contributed by atoms with Gasteiger partial charge >= 0.3 is 6.36 Å². The summed E-state index contributed by atoms with van der Waals surface area (Å²) in [7, 11) is 0. The van der Waals surface area contributed by atoms with Crippen molar-refractivity contribution in [1.82, 2.24) is 9.97 Å². The lowest BCUT2D eigenvalue weighted by molar-refractivity contribution is -0.274. The molecule has 25 heavy (non-hydrogen) atoms. The van der Waals surface area contributed by atoms with E-state index in [1.165, 1.54) is 6.07 Å². The summed E-state index contributed by atoms with van der Waals surface area (Å²) in [6.45, 7) is 0.799. The first-order chi connectivity index (χ1) is 12.0. The molecule has 1 atom stereocenters. The molecule has 1 fully saturated rings. The number of hydrogen-bond donors (Lipinski definition) is 0. The third-order valence-corrected chi connectivity index (χ3v) is 5.23. The van der Waals surface area contributed by atoms with Crippen LogP contribution in [0.4, 0.5) is 19.0 Å². The summed E-state index contributed by atoms with van der Waals surface area (Å²) in [6, 6.07) is 10.9. The van der Waals surface area contributed by atoms with Crippen molar-refractivity contribution in [3.63, 3.8) is 0 Å². The number of aromatic nitrogens is 2. The molecule has 0 saturated carbocycles. The highest BCUT2D eigenvalue weighted by Crippen LogP contribution is 2.39. The standard InChI is InChI=1S/C17H14F3N3OS/c18-17(19,20)24-11-7-8-15(21-10-11)23-9-3-5-13(23)16-22-12-4-1-2-6-14(12)25-16/h1-2,4,6-8,10,13H,3,5,9H2. The molecule has 4 nitrogen and oxygen atoms in total. The Labute approximate surface area is 145 Å². The lowest BCUT2D eigenvalue weighted by Crippen LogP contribution is -2.23. The fraction of sp³-hybridized carbons (Fsp3) is 0.294. The van der Waals surface area contributed by atoms with E-state index in [0.717, 1.165) is 40.8 Å². The predicted molar refractivity (Wildman–Crippen MR) is 89.9 cm³/mol. The molecular formula is C17H14F3N3OS. The number of nitrogens with zero attached hydrogens (tertiary/aromatic N) is 3. The molecule has 1 aromatic carbocycles. The molecule has 0 N–H and O–H groups in total. The second-order valence-electron chi connectivity index (χ2n) is 5.77. The van der Waals surface area contributed by atoms with E-state index in [9.17, 15) is 13.2 Å². The van der Waals surface area contributed by atoms with Crippen molar-refractivity contribution >= 4 is 27.4 Å². The molecule has 1 unspecified atom stereocenters. The van der Waals surface area contributed by atoms with Gasteiger partial charge in [0.15, 0.2) is 0 Å². The number of alkyl halides is 3. The average Bonchev–Trinajstić information content (AvgIpc) is 3.20. The van der Waals surface area contributed by atoms with Crippen LogP contribution in [0.1, 0.15) is 23.9 Å². The summed E-state index contributed by atoms with van der Waals surface area (Å²) in [5.74, 6) is 0.322. The van der Waals surface area contributed by atoms with Gasteiger partial charge in [0.2, 0.25) is 0 Å². The SMILES string of the molecule is FC(F)(F)Oc1ccc(N2CCCC2c2nc3ccccc3s2)nc1. The number of para-hydroxylation sites is 1. The zero-order valence-electron chi connectivity index (χ0n) is 13.0. The van der Waals surface area contributed by atoms with E-state index in [2.05, 4.69) is 14.6 Å². The Bertz CT molecular complexity index is 846. The molecule has 3 heterocycles. The van der Waals surface area contributed by atoms with Crippen LogP contribution in [-0.4, -0.2) is 22.9 Å².